The highest BCUT2D eigenvalue weighted by molar-refractivity contribution is 5.77. The van der Waals surface area contributed by atoms with E-state index in [0.717, 1.165) is 16.9 Å². The second-order valence-electron chi connectivity index (χ2n) is 4.54. The average Bonchev–Trinajstić information content (AvgIpc) is 2.25. The van der Waals surface area contributed by atoms with Crippen molar-refractivity contribution in [1.82, 2.24) is 5.32 Å². The molecule has 0 aliphatic carbocycles. The molecule has 1 aromatic carbocycles. The van der Waals surface area contributed by atoms with Crippen molar-refractivity contribution in [2.75, 3.05) is 20.3 Å². The zero-order valence-electron chi connectivity index (χ0n) is 11.4. The number of hydrogen-bond donors (Lipinski definition) is 1. The molecule has 1 atom stereocenters. The molecule has 0 fully saturated rings. The maximum absolute atomic E-state index is 11.6. The van der Waals surface area contributed by atoms with Gasteiger partial charge in [0.15, 0.2) is 6.61 Å². The SMILES string of the molecule is COCC(C)NC(=O)COc1cc(C)cc(C)c1. The molecule has 0 saturated carbocycles. The normalized spacial score (nSPS) is 12.0. The fraction of sp³-hybridized carbons (Fsp3) is 0.500. The Kier molecular flexibility index (Phi) is 5.65. The lowest BCUT2D eigenvalue weighted by molar-refractivity contribution is -0.124. The van der Waals surface area contributed by atoms with E-state index >= 15 is 0 Å². The minimum atomic E-state index is -0.140. The molecular weight excluding hydrogens is 230 g/mol. The van der Waals surface area contributed by atoms with E-state index in [1.54, 1.807) is 7.11 Å². The second-order valence-corrected chi connectivity index (χ2v) is 4.54. The van der Waals surface area contributed by atoms with Gasteiger partial charge < -0.3 is 14.8 Å². The number of amides is 1. The number of ether oxygens (including phenoxy) is 2. The van der Waals surface area contributed by atoms with Crippen LogP contribution >= 0.6 is 0 Å². The highest BCUT2D eigenvalue weighted by atomic mass is 16.5. The Bertz CT molecular complexity index is 384. The summed E-state index contributed by atoms with van der Waals surface area (Å²) in [5.74, 6) is 0.584. The molecule has 0 aliphatic heterocycles. The molecule has 4 nitrogen and oxygen atoms in total. The van der Waals surface area contributed by atoms with E-state index in [2.05, 4.69) is 11.4 Å². The summed E-state index contributed by atoms with van der Waals surface area (Å²) in [5, 5.41) is 2.79. The number of carbonyl (C=O) groups is 1. The Labute approximate surface area is 108 Å². The van der Waals surface area contributed by atoms with E-state index in [-0.39, 0.29) is 18.6 Å². The van der Waals surface area contributed by atoms with Crippen molar-refractivity contribution in [3.8, 4) is 5.75 Å². The molecule has 100 valence electrons. The zero-order valence-corrected chi connectivity index (χ0v) is 11.4. The van der Waals surface area contributed by atoms with E-state index in [1.807, 2.05) is 32.9 Å². The van der Waals surface area contributed by atoms with Gasteiger partial charge in [-0.3, -0.25) is 4.79 Å². The van der Waals surface area contributed by atoms with Crippen LogP contribution in [0.5, 0.6) is 5.75 Å². The molecule has 1 amide bonds. The Hall–Kier alpha value is -1.55. The molecule has 1 N–H and O–H groups in total. The molecule has 1 rings (SSSR count). The third kappa shape index (κ3) is 5.19. The van der Waals surface area contributed by atoms with Crippen LogP contribution < -0.4 is 10.1 Å². The summed E-state index contributed by atoms with van der Waals surface area (Å²) < 4.78 is 10.4. The van der Waals surface area contributed by atoms with Crippen molar-refractivity contribution in [3.63, 3.8) is 0 Å². The number of benzene rings is 1. The van der Waals surface area contributed by atoms with E-state index in [0.29, 0.717) is 6.61 Å². The standard InChI is InChI=1S/C14H21NO3/c1-10-5-11(2)7-13(6-10)18-9-14(16)15-12(3)8-17-4/h5-7,12H,8-9H2,1-4H3,(H,15,16). The number of aryl methyl sites for hydroxylation is 2. The molecule has 18 heavy (non-hydrogen) atoms. The van der Waals surface area contributed by atoms with Crippen molar-refractivity contribution < 1.29 is 14.3 Å². The van der Waals surface area contributed by atoms with Crippen molar-refractivity contribution in [3.05, 3.63) is 29.3 Å². The lowest BCUT2D eigenvalue weighted by atomic mass is 10.1. The van der Waals surface area contributed by atoms with Gasteiger partial charge in [0.05, 0.1) is 6.61 Å². The first-order chi connectivity index (χ1) is 8.51. The van der Waals surface area contributed by atoms with Crippen LogP contribution in [0.4, 0.5) is 0 Å². The van der Waals surface area contributed by atoms with Gasteiger partial charge in [-0.05, 0) is 44.0 Å². The number of rotatable bonds is 6. The van der Waals surface area contributed by atoms with Crippen LogP contribution in [0.1, 0.15) is 18.1 Å². The first-order valence-electron chi connectivity index (χ1n) is 6.00. The van der Waals surface area contributed by atoms with Crippen molar-refractivity contribution in [2.45, 2.75) is 26.8 Å². The lowest BCUT2D eigenvalue weighted by Crippen LogP contribution is -2.38. The Morgan fingerprint density at radius 3 is 2.44 bits per heavy atom. The van der Waals surface area contributed by atoms with Gasteiger partial charge in [-0.15, -0.1) is 0 Å². The molecule has 0 spiro atoms. The first-order valence-corrected chi connectivity index (χ1v) is 6.00. The van der Waals surface area contributed by atoms with Gasteiger partial charge >= 0.3 is 0 Å². The molecule has 0 aliphatic rings. The number of methoxy groups -OCH3 is 1. The van der Waals surface area contributed by atoms with Crippen molar-refractivity contribution >= 4 is 5.91 Å². The largest absolute Gasteiger partial charge is 0.484 e. The summed E-state index contributed by atoms with van der Waals surface area (Å²) in [7, 11) is 1.61. The van der Waals surface area contributed by atoms with Crippen LogP contribution in [0.25, 0.3) is 0 Å². The van der Waals surface area contributed by atoms with E-state index < -0.39 is 0 Å². The Morgan fingerprint density at radius 2 is 1.89 bits per heavy atom. The molecule has 0 saturated heterocycles. The van der Waals surface area contributed by atoms with Crippen LogP contribution in [-0.4, -0.2) is 32.3 Å². The van der Waals surface area contributed by atoms with Crippen LogP contribution in [0.15, 0.2) is 18.2 Å². The number of hydrogen-bond acceptors (Lipinski definition) is 3. The van der Waals surface area contributed by atoms with Gasteiger partial charge in [-0.1, -0.05) is 6.07 Å². The molecule has 0 radical (unpaired) electrons. The van der Waals surface area contributed by atoms with Gasteiger partial charge in [0.25, 0.3) is 5.91 Å². The van der Waals surface area contributed by atoms with Gasteiger partial charge in [-0.25, -0.2) is 0 Å². The van der Waals surface area contributed by atoms with Crippen molar-refractivity contribution in [1.29, 1.82) is 0 Å². The van der Waals surface area contributed by atoms with Gasteiger partial charge in [0.2, 0.25) is 0 Å². The smallest absolute Gasteiger partial charge is 0.258 e. The van der Waals surface area contributed by atoms with Crippen LogP contribution in [-0.2, 0) is 9.53 Å². The predicted octanol–water partition coefficient (Wildman–Crippen LogP) is 1.83. The highest BCUT2D eigenvalue weighted by Crippen LogP contribution is 2.15. The second kappa shape index (κ2) is 7.01. The summed E-state index contributed by atoms with van der Waals surface area (Å²) in [6, 6.07) is 5.89. The molecule has 1 unspecified atom stereocenters. The number of carbonyl (C=O) groups excluding carboxylic acids is 1. The predicted molar refractivity (Wildman–Crippen MR) is 70.9 cm³/mol. The zero-order chi connectivity index (χ0) is 13.5. The van der Waals surface area contributed by atoms with E-state index in [9.17, 15) is 4.79 Å². The summed E-state index contributed by atoms with van der Waals surface area (Å²) in [4.78, 5) is 11.6. The quantitative estimate of drug-likeness (QED) is 0.839. The van der Waals surface area contributed by atoms with Crippen molar-refractivity contribution in [2.24, 2.45) is 0 Å². The fourth-order valence-corrected chi connectivity index (χ4v) is 1.77. The third-order valence-corrected chi connectivity index (χ3v) is 2.39. The summed E-state index contributed by atoms with van der Waals surface area (Å²) >= 11 is 0. The Morgan fingerprint density at radius 1 is 1.28 bits per heavy atom. The summed E-state index contributed by atoms with van der Waals surface area (Å²) in [5.41, 5.74) is 2.25. The minimum Gasteiger partial charge on any atom is -0.484 e. The molecule has 0 heterocycles. The summed E-state index contributed by atoms with van der Waals surface area (Å²) in [6.45, 7) is 6.41. The third-order valence-electron chi connectivity index (χ3n) is 2.39. The number of nitrogens with one attached hydrogen (secondary N) is 1. The molecule has 1 aromatic rings. The fourth-order valence-electron chi connectivity index (χ4n) is 1.77. The minimum absolute atomic E-state index is 0.00894. The maximum atomic E-state index is 11.6. The monoisotopic (exact) mass is 251 g/mol. The Balaban J connectivity index is 2.42. The first kappa shape index (κ1) is 14.5. The van der Waals surface area contributed by atoms with Gasteiger partial charge in [-0.2, -0.15) is 0 Å². The van der Waals surface area contributed by atoms with Crippen LogP contribution in [0, 0.1) is 13.8 Å². The van der Waals surface area contributed by atoms with Crippen LogP contribution in [0.2, 0.25) is 0 Å². The topological polar surface area (TPSA) is 47.6 Å². The van der Waals surface area contributed by atoms with E-state index in [1.165, 1.54) is 0 Å². The molecule has 0 bridgehead atoms. The van der Waals surface area contributed by atoms with Gasteiger partial charge in [0, 0.05) is 13.2 Å². The molecule has 0 aromatic heterocycles. The lowest BCUT2D eigenvalue weighted by Gasteiger charge is -2.13. The molecular formula is C14H21NO3. The summed E-state index contributed by atoms with van der Waals surface area (Å²) in [6.07, 6.45) is 0. The van der Waals surface area contributed by atoms with Crippen LogP contribution in [0.3, 0.4) is 0 Å². The molecule has 4 heteroatoms. The average molecular weight is 251 g/mol. The maximum Gasteiger partial charge on any atom is 0.258 e. The highest BCUT2D eigenvalue weighted by Gasteiger charge is 2.07. The van der Waals surface area contributed by atoms with E-state index in [4.69, 9.17) is 9.47 Å². The van der Waals surface area contributed by atoms with Gasteiger partial charge in [0.1, 0.15) is 5.75 Å².